The number of anilines is 2. The second-order valence-corrected chi connectivity index (χ2v) is 10.2. The number of fused-ring (bicyclic) bond motifs is 1. The number of nitrogens with one attached hydrogen (secondary N) is 1. The fraction of sp³-hybridized carbons (Fsp3) is 0.258. The number of nitrogens with zero attached hydrogens (tertiary/aromatic N) is 6. The van der Waals surface area contributed by atoms with E-state index in [-0.39, 0.29) is 11.5 Å². The Morgan fingerprint density at radius 3 is 2.54 bits per heavy atom. The molecule has 2 aromatic carbocycles. The van der Waals surface area contributed by atoms with Crippen LogP contribution in [0.3, 0.4) is 0 Å². The molecule has 0 unspecified atom stereocenters. The van der Waals surface area contributed by atoms with Crippen LogP contribution in [0, 0.1) is 18.3 Å². The van der Waals surface area contributed by atoms with Crippen LogP contribution in [0.1, 0.15) is 38.2 Å². The van der Waals surface area contributed by atoms with Gasteiger partial charge in [0.15, 0.2) is 0 Å². The van der Waals surface area contributed by atoms with Gasteiger partial charge in [-0.2, -0.15) is 10.4 Å². The summed E-state index contributed by atoms with van der Waals surface area (Å²) in [6.45, 7) is 6.17. The van der Waals surface area contributed by atoms with E-state index in [0.29, 0.717) is 68.3 Å². The van der Waals surface area contributed by atoms with Crippen molar-refractivity contribution in [3.8, 4) is 11.8 Å². The predicted molar refractivity (Wildman–Crippen MR) is 154 cm³/mol. The Morgan fingerprint density at radius 2 is 1.80 bits per heavy atom. The SMILES string of the molecule is Cc1c(N2Cc3cccc(COc4ccc(C(=O)N5CCN(c6ccc(C#N)cn6)CC5)cc4)c3C2)cn[nH]c1=O. The third-order valence-electron chi connectivity index (χ3n) is 7.76. The van der Waals surface area contributed by atoms with Crippen molar-refractivity contribution in [3.05, 3.63) is 111 Å². The van der Waals surface area contributed by atoms with Gasteiger partial charge < -0.3 is 19.4 Å². The minimum absolute atomic E-state index is 0.00510. The highest BCUT2D eigenvalue weighted by atomic mass is 16.5. The highest BCUT2D eigenvalue weighted by Gasteiger charge is 2.25. The summed E-state index contributed by atoms with van der Waals surface area (Å²) in [7, 11) is 0. The van der Waals surface area contributed by atoms with Gasteiger partial charge in [0.1, 0.15) is 24.2 Å². The quantitative estimate of drug-likeness (QED) is 0.390. The molecule has 10 nitrogen and oxygen atoms in total. The molecule has 10 heteroatoms. The van der Waals surface area contributed by atoms with E-state index in [2.05, 4.69) is 43.2 Å². The van der Waals surface area contributed by atoms with Crippen LogP contribution in [-0.2, 0) is 19.7 Å². The molecule has 1 amide bonds. The van der Waals surface area contributed by atoms with Gasteiger partial charge in [-0.25, -0.2) is 10.1 Å². The summed E-state index contributed by atoms with van der Waals surface area (Å²) in [5, 5.41) is 15.4. The molecule has 1 fully saturated rings. The average molecular weight is 548 g/mol. The molecular weight excluding hydrogens is 518 g/mol. The first-order chi connectivity index (χ1) is 20.0. The number of hydrogen-bond acceptors (Lipinski definition) is 8. The Labute approximate surface area is 237 Å². The van der Waals surface area contributed by atoms with Crippen LogP contribution >= 0.6 is 0 Å². The van der Waals surface area contributed by atoms with Crippen LogP contribution in [0.5, 0.6) is 5.75 Å². The van der Waals surface area contributed by atoms with E-state index in [9.17, 15) is 9.59 Å². The highest BCUT2D eigenvalue weighted by Crippen LogP contribution is 2.31. The molecule has 1 N–H and O–H groups in total. The summed E-state index contributed by atoms with van der Waals surface area (Å²) in [6.07, 6.45) is 3.27. The molecule has 0 spiro atoms. The van der Waals surface area contributed by atoms with Crippen molar-refractivity contribution in [2.75, 3.05) is 36.0 Å². The van der Waals surface area contributed by atoms with Crippen LogP contribution in [-0.4, -0.2) is 52.2 Å². The van der Waals surface area contributed by atoms with Gasteiger partial charge in [0.05, 0.1) is 17.4 Å². The highest BCUT2D eigenvalue weighted by molar-refractivity contribution is 5.94. The molecule has 0 radical (unpaired) electrons. The van der Waals surface area contributed by atoms with Gasteiger partial charge in [-0.3, -0.25) is 9.59 Å². The van der Waals surface area contributed by atoms with Gasteiger partial charge in [0, 0.05) is 56.6 Å². The summed E-state index contributed by atoms with van der Waals surface area (Å²) in [5.74, 6) is 1.51. The smallest absolute Gasteiger partial charge is 0.269 e. The van der Waals surface area contributed by atoms with E-state index in [1.807, 2.05) is 48.2 Å². The standard InChI is InChI=1S/C31H29N7O3/c1-21-28(17-34-35-30(21)39)38-18-24-3-2-4-25(27(24)19-38)20-41-26-8-6-23(7-9-26)31(40)37-13-11-36(12-14-37)29-10-5-22(15-32)16-33-29/h2-10,16-17H,11-14,18-20H2,1H3,(H,35,39). The summed E-state index contributed by atoms with van der Waals surface area (Å²) < 4.78 is 6.12. The number of aromatic nitrogens is 3. The first kappa shape index (κ1) is 26.1. The summed E-state index contributed by atoms with van der Waals surface area (Å²) in [6, 6.07) is 19.2. The maximum Gasteiger partial charge on any atom is 0.269 e. The zero-order chi connectivity index (χ0) is 28.3. The van der Waals surface area contributed by atoms with E-state index in [1.54, 1.807) is 18.5 Å². The summed E-state index contributed by atoms with van der Waals surface area (Å²) >= 11 is 0. The Bertz CT molecular complexity index is 1670. The molecule has 206 valence electrons. The van der Waals surface area contributed by atoms with Crippen molar-refractivity contribution in [3.63, 3.8) is 0 Å². The third kappa shape index (κ3) is 5.34. The van der Waals surface area contributed by atoms with Crippen molar-refractivity contribution < 1.29 is 9.53 Å². The molecule has 0 bridgehead atoms. The van der Waals surface area contributed by atoms with Gasteiger partial charge in [0.2, 0.25) is 0 Å². The first-order valence-corrected chi connectivity index (χ1v) is 13.5. The number of aromatic amines is 1. The number of nitriles is 1. The van der Waals surface area contributed by atoms with E-state index >= 15 is 0 Å². The van der Waals surface area contributed by atoms with Crippen molar-refractivity contribution in [1.29, 1.82) is 5.26 Å². The average Bonchev–Trinajstić information content (AvgIpc) is 3.46. The Kier molecular flexibility index (Phi) is 7.08. The summed E-state index contributed by atoms with van der Waals surface area (Å²) in [5.41, 5.74) is 5.98. The molecule has 0 aliphatic carbocycles. The lowest BCUT2D eigenvalue weighted by atomic mass is 10.0. The zero-order valence-electron chi connectivity index (χ0n) is 22.7. The maximum atomic E-state index is 13.1. The maximum absolute atomic E-state index is 13.1. The largest absolute Gasteiger partial charge is 0.489 e. The second-order valence-electron chi connectivity index (χ2n) is 10.2. The monoisotopic (exact) mass is 547 g/mol. The van der Waals surface area contributed by atoms with Crippen LogP contribution in [0.4, 0.5) is 11.5 Å². The van der Waals surface area contributed by atoms with Crippen LogP contribution in [0.2, 0.25) is 0 Å². The number of ether oxygens (including phenoxy) is 1. The molecule has 41 heavy (non-hydrogen) atoms. The summed E-state index contributed by atoms with van der Waals surface area (Å²) in [4.78, 5) is 35.7. The van der Waals surface area contributed by atoms with Gasteiger partial charge in [-0.15, -0.1) is 0 Å². The first-order valence-electron chi connectivity index (χ1n) is 13.5. The number of benzene rings is 2. The predicted octanol–water partition coefficient (Wildman–Crippen LogP) is 3.41. The third-order valence-corrected chi connectivity index (χ3v) is 7.76. The van der Waals surface area contributed by atoms with Crippen LogP contribution in [0.15, 0.2) is 71.8 Å². The van der Waals surface area contributed by atoms with E-state index in [1.165, 1.54) is 11.1 Å². The van der Waals surface area contributed by atoms with Gasteiger partial charge >= 0.3 is 0 Å². The van der Waals surface area contributed by atoms with Gasteiger partial charge in [-0.05, 0) is 60.0 Å². The Morgan fingerprint density at radius 1 is 1.00 bits per heavy atom. The molecule has 0 saturated carbocycles. The van der Waals surface area contributed by atoms with E-state index < -0.39 is 0 Å². The van der Waals surface area contributed by atoms with Crippen molar-refractivity contribution in [2.24, 2.45) is 0 Å². The minimum Gasteiger partial charge on any atom is -0.489 e. The molecule has 2 aromatic heterocycles. The molecule has 4 aromatic rings. The number of carbonyl (C=O) groups is 1. The normalized spacial score (nSPS) is 14.5. The number of amides is 1. The molecule has 2 aliphatic heterocycles. The fourth-order valence-corrected chi connectivity index (χ4v) is 5.38. The Balaban J connectivity index is 1.05. The van der Waals surface area contributed by atoms with Gasteiger partial charge in [0.25, 0.3) is 11.5 Å². The number of rotatable bonds is 6. The molecular formula is C31H29N7O3. The Hall–Kier alpha value is -5.17. The number of H-pyrrole nitrogens is 1. The van der Waals surface area contributed by atoms with Crippen LogP contribution < -0.4 is 20.1 Å². The minimum atomic E-state index is -0.174. The fourth-order valence-electron chi connectivity index (χ4n) is 5.38. The number of piperazine rings is 1. The number of hydrogen-bond donors (Lipinski definition) is 1. The lowest BCUT2D eigenvalue weighted by Gasteiger charge is -2.35. The molecule has 0 atom stereocenters. The number of carbonyl (C=O) groups excluding carboxylic acids is 1. The number of pyridine rings is 1. The lowest BCUT2D eigenvalue weighted by molar-refractivity contribution is 0.0746. The zero-order valence-corrected chi connectivity index (χ0v) is 22.7. The second kappa shape index (κ2) is 11.1. The van der Waals surface area contributed by atoms with E-state index in [0.717, 1.165) is 17.1 Å². The van der Waals surface area contributed by atoms with Crippen molar-refractivity contribution in [2.45, 2.75) is 26.6 Å². The molecule has 4 heterocycles. The van der Waals surface area contributed by atoms with E-state index in [4.69, 9.17) is 10.00 Å². The van der Waals surface area contributed by atoms with Crippen molar-refractivity contribution in [1.82, 2.24) is 20.1 Å². The van der Waals surface area contributed by atoms with Crippen molar-refractivity contribution >= 4 is 17.4 Å². The molecule has 1 saturated heterocycles. The molecule has 6 rings (SSSR count). The lowest BCUT2D eigenvalue weighted by Crippen LogP contribution is -2.49. The molecule has 2 aliphatic rings. The van der Waals surface area contributed by atoms with Crippen LogP contribution in [0.25, 0.3) is 0 Å². The topological polar surface area (TPSA) is 118 Å². The van der Waals surface area contributed by atoms with Gasteiger partial charge in [-0.1, -0.05) is 18.2 Å².